The molecule has 0 spiro atoms. The quantitative estimate of drug-likeness (QED) is 0.858. The van der Waals surface area contributed by atoms with Gasteiger partial charge >= 0.3 is 0 Å². The SMILES string of the molecule is O=C(Nc1cccc(C(=O)N2CCC[C@@H]3CCCC[C@@H]32)c1)c1ccccc1. The fraction of sp³-hybridized carbons (Fsp3) is 0.391. The first kappa shape index (κ1) is 17.8. The van der Waals surface area contributed by atoms with E-state index in [1.54, 1.807) is 18.2 Å². The summed E-state index contributed by atoms with van der Waals surface area (Å²) in [6.45, 7) is 0.848. The summed E-state index contributed by atoms with van der Waals surface area (Å²) >= 11 is 0. The highest BCUT2D eigenvalue weighted by Gasteiger charge is 2.35. The smallest absolute Gasteiger partial charge is 0.255 e. The molecule has 2 fully saturated rings. The first-order chi connectivity index (χ1) is 13.2. The molecule has 2 amide bonds. The summed E-state index contributed by atoms with van der Waals surface area (Å²) in [5, 5.41) is 2.90. The average Bonchev–Trinajstić information content (AvgIpc) is 2.73. The van der Waals surface area contributed by atoms with Gasteiger partial charge in [0.1, 0.15) is 0 Å². The fourth-order valence-electron chi connectivity index (χ4n) is 4.57. The molecule has 2 aromatic carbocycles. The Morgan fingerprint density at radius 1 is 0.852 bits per heavy atom. The van der Waals surface area contributed by atoms with Crippen LogP contribution in [0.3, 0.4) is 0 Å². The van der Waals surface area contributed by atoms with Gasteiger partial charge in [-0.25, -0.2) is 0 Å². The van der Waals surface area contributed by atoms with E-state index in [0.29, 0.717) is 28.8 Å². The molecule has 0 bridgehead atoms. The first-order valence-electron chi connectivity index (χ1n) is 10.00. The zero-order valence-electron chi connectivity index (χ0n) is 15.6. The lowest BCUT2D eigenvalue weighted by Crippen LogP contribution is -2.49. The molecule has 0 aromatic heterocycles. The van der Waals surface area contributed by atoms with Crippen LogP contribution < -0.4 is 5.32 Å². The number of piperidine rings is 1. The lowest BCUT2D eigenvalue weighted by molar-refractivity contribution is 0.0390. The normalized spacial score (nSPS) is 22.0. The minimum atomic E-state index is -0.162. The van der Waals surface area contributed by atoms with Crippen LogP contribution in [0.4, 0.5) is 5.69 Å². The third kappa shape index (κ3) is 3.90. The third-order valence-electron chi connectivity index (χ3n) is 5.91. The van der Waals surface area contributed by atoms with E-state index in [0.717, 1.165) is 19.4 Å². The number of nitrogens with zero attached hydrogens (tertiary/aromatic N) is 1. The molecule has 4 heteroatoms. The maximum Gasteiger partial charge on any atom is 0.255 e. The van der Waals surface area contributed by atoms with Crippen LogP contribution in [0, 0.1) is 5.92 Å². The van der Waals surface area contributed by atoms with Gasteiger partial charge in [0.25, 0.3) is 11.8 Å². The molecule has 1 aliphatic heterocycles. The van der Waals surface area contributed by atoms with Crippen LogP contribution in [0.1, 0.15) is 59.2 Å². The van der Waals surface area contributed by atoms with Gasteiger partial charge in [-0.05, 0) is 61.9 Å². The number of carbonyl (C=O) groups excluding carboxylic acids is 2. The number of rotatable bonds is 3. The van der Waals surface area contributed by atoms with E-state index >= 15 is 0 Å². The van der Waals surface area contributed by atoms with Crippen molar-refractivity contribution in [3.63, 3.8) is 0 Å². The van der Waals surface area contributed by atoms with Gasteiger partial charge in [0.05, 0.1) is 0 Å². The number of amides is 2. The van der Waals surface area contributed by atoms with Gasteiger partial charge in [0.15, 0.2) is 0 Å². The van der Waals surface area contributed by atoms with Crippen molar-refractivity contribution < 1.29 is 9.59 Å². The molecule has 2 aromatic rings. The number of fused-ring (bicyclic) bond motifs is 1. The summed E-state index contributed by atoms with van der Waals surface area (Å²) < 4.78 is 0. The lowest BCUT2D eigenvalue weighted by atomic mass is 9.78. The van der Waals surface area contributed by atoms with Crippen molar-refractivity contribution in [2.75, 3.05) is 11.9 Å². The van der Waals surface area contributed by atoms with Gasteiger partial charge < -0.3 is 10.2 Å². The molecule has 1 saturated heterocycles. The zero-order valence-corrected chi connectivity index (χ0v) is 15.6. The van der Waals surface area contributed by atoms with Crippen LogP contribution in [-0.2, 0) is 0 Å². The number of carbonyl (C=O) groups is 2. The molecule has 2 aliphatic rings. The molecular weight excluding hydrogens is 336 g/mol. The van der Waals surface area contributed by atoms with Crippen molar-refractivity contribution in [3.8, 4) is 0 Å². The number of likely N-dealkylation sites (tertiary alicyclic amines) is 1. The lowest BCUT2D eigenvalue weighted by Gasteiger charge is -2.44. The predicted octanol–water partition coefficient (Wildman–Crippen LogP) is 4.73. The Balaban J connectivity index is 1.50. The molecule has 140 valence electrons. The van der Waals surface area contributed by atoms with Crippen molar-refractivity contribution in [3.05, 3.63) is 65.7 Å². The van der Waals surface area contributed by atoms with Gasteiger partial charge in [-0.2, -0.15) is 0 Å². The molecule has 0 unspecified atom stereocenters. The van der Waals surface area contributed by atoms with Crippen molar-refractivity contribution in [1.29, 1.82) is 0 Å². The molecule has 2 atom stereocenters. The number of hydrogen-bond donors (Lipinski definition) is 1. The molecule has 4 nitrogen and oxygen atoms in total. The van der Waals surface area contributed by atoms with Crippen molar-refractivity contribution in [2.45, 2.75) is 44.6 Å². The van der Waals surface area contributed by atoms with Crippen LogP contribution in [-0.4, -0.2) is 29.3 Å². The summed E-state index contributed by atoms with van der Waals surface area (Å²) in [5.41, 5.74) is 1.93. The number of nitrogens with one attached hydrogen (secondary N) is 1. The molecule has 1 heterocycles. The summed E-state index contributed by atoms with van der Waals surface area (Å²) in [6, 6.07) is 16.8. The van der Waals surface area contributed by atoms with E-state index in [1.165, 1.54) is 25.7 Å². The summed E-state index contributed by atoms with van der Waals surface area (Å²) in [4.78, 5) is 27.6. The molecule has 1 saturated carbocycles. The second kappa shape index (κ2) is 7.95. The zero-order chi connectivity index (χ0) is 18.6. The fourth-order valence-corrected chi connectivity index (χ4v) is 4.57. The largest absolute Gasteiger partial charge is 0.335 e. The monoisotopic (exact) mass is 362 g/mol. The Labute approximate surface area is 160 Å². The third-order valence-corrected chi connectivity index (χ3v) is 5.91. The van der Waals surface area contributed by atoms with Crippen LogP contribution in [0.25, 0.3) is 0 Å². The summed E-state index contributed by atoms with van der Waals surface area (Å²) in [6.07, 6.45) is 7.24. The Hall–Kier alpha value is -2.62. The Kier molecular flexibility index (Phi) is 5.23. The maximum atomic E-state index is 13.2. The van der Waals surface area contributed by atoms with Crippen LogP contribution in [0.15, 0.2) is 54.6 Å². The number of hydrogen-bond acceptors (Lipinski definition) is 2. The van der Waals surface area contributed by atoms with Crippen LogP contribution in [0.2, 0.25) is 0 Å². The van der Waals surface area contributed by atoms with Crippen molar-refractivity contribution in [1.82, 2.24) is 4.90 Å². The highest BCUT2D eigenvalue weighted by Crippen LogP contribution is 2.36. The van der Waals surface area contributed by atoms with Gasteiger partial charge in [-0.3, -0.25) is 9.59 Å². The second-order valence-electron chi connectivity index (χ2n) is 7.65. The van der Waals surface area contributed by atoms with E-state index < -0.39 is 0 Å². The number of anilines is 1. The highest BCUT2D eigenvalue weighted by atomic mass is 16.2. The molecule has 1 N–H and O–H groups in total. The van der Waals surface area contributed by atoms with Crippen molar-refractivity contribution in [2.24, 2.45) is 5.92 Å². The topological polar surface area (TPSA) is 49.4 Å². The first-order valence-corrected chi connectivity index (χ1v) is 10.00. The van der Waals surface area contributed by atoms with Gasteiger partial charge in [-0.1, -0.05) is 37.1 Å². The summed E-state index contributed by atoms with van der Waals surface area (Å²) in [5.74, 6) is 0.602. The molecule has 0 radical (unpaired) electrons. The predicted molar refractivity (Wildman–Crippen MR) is 107 cm³/mol. The van der Waals surface area contributed by atoms with Crippen molar-refractivity contribution >= 4 is 17.5 Å². The van der Waals surface area contributed by atoms with Gasteiger partial charge in [-0.15, -0.1) is 0 Å². The van der Waals surface area contributed by atoms with E-state index in [1.807, 2.05) is 36.4 Å². The van der Waals surface area contributed by atoms with Gasteiger partial charge in [0.2, 0.25) is 0 Å². The Morgan fingerprint density at radius 2 is 1.59 bits per heavy atom. The minimum absolute atomic E-state index is 0.0995. The number of benzene rings is 2. The molecule has 1 aliphatic carbocycles. The molecular formula is C23H26N2O2. The van der Waals surface area contributed by atoms with Crippen LogP contribution >= 0.6 is 0 Å². The minimum Gasteiger partial charge on any atom is -0.335 e. The summed E-state index contributed by atoms with van der Waals surface area (Å²) in [7, 11) is 0. The highest BCUT2D eigenvalue weighted by molar-refractivity contribution is 6.05. The Bertz CT molecular complexity index is 816. The van der Waals surface area contributed by atoms with Crippen LogP contribution in [0.5, 0.6) is 0 Å². The maximum absolute atomic E-state index is 13.2. The molecule has 4 rings (SSSR count). The second-order valence-corrected chi connectivity index (χ2v) is 7.65. The molecule has 27 heavy (non-hydrogen) atoms. The van der Waals surface area contributed by atoms with E-state index in [4.69, 9.17) is 0 Å². The standard InChI is InChI=1S/C23H26N2O2/c26-22(18-9-2-1-3-10-18)24-20-13-6-11-19(16-20)23(27)25-15-7-12-17-8-4-5-14-21(17)25/h1-3,6,9-11,13,16-17,21H,4-5,7-8,12,14-15H2,(H,24,26)/t17-,21-/m0/s1. The van der Waals surface area contributed by atoms with E-state index in [2.05, 4.69) is 10.2 Å². The van der Waals surface area contributed by atoms with E-state index in [9.17, 15) is 9.59 Å². The average molecular weight is 362 g/mol. The van der Waals surface area contributed by atoms with Gasteiger partial charge in [0, 0.05) is 29.4 Å². The van der Waals surface area contributed by atoms with E-state index in [-0.39, 0.29) is 11.8 Å². The Morgan fingerprint density at radius 3 is 2.44 bits per heavy atom.